The van der Waals surface area contributed by atoms with Gasteiger partial charge < -0.3 is 10.0 Å². The number of amides is 1. The van der Waals surface area contributed by atoms with Crippen LogP contribution in [0.3, 0.4) is 0 Å². The van der Waals surface area contributed by atoms with Gasteiger partial charge in [-0.1, -0.05) is 48.5 Å². The van der Waals surface area contributed by atoms with E-state index in [9.17, 15) is 9.90 Å². The molecule has 0 radical (unpaired) electrons. The number of aliphatic hydroxyl groups excluding tert-OH is 1. The summed E-state index contributed by atoms with van der Waals surface area (Å²) >= 11 is 0. The zero-order valence-corrected chi connectivity index (χ0v) is 13.1. The zero-order valence-electron chi connectivity index (χ0n) is 13.1. The predicted molar refractivity (Wildman–Crippen MR) is 90.0 cm³/mol. The fourth-order valence-corrected chi connectivity index (χ4v) is 4.07. The number of rotatable bonds is 2. The topological polar surface area (TPSA) is 40.5 Å². The Morgan fingerprint density at radius 1 is 0.913 bits per heavy atom. The van der Waals surface area contributed by atoms with Crippen LogP contribution in [0.15, 0.2) is 54.6 Å². The van der Waals surface area contributed by atoms with E-state index in [2.05, 4.69) is 0 Å². The molecule has 2 bridgehead atoms. The second kappa shape index (κ2) is 5.82. The van der Waals surface area contributed by atoms with Crippen molar-refractivity contribution in [3.05, 3.63) is 60.2 Å². The molecule has 2 atom stereocenters. The predicted octanol–water partition coefficient (Wildman–Crippen LogP) is 3.20. The van der Waals surface area contributed by atoms with Crippen molar-refractivity contribution in [2.45, 2.75) is 18.9 Å². The van der Waals surface area contributed by atoms with Crippen LogP contribution in [0.4, 0.5) is 0 Å². The third kappa shape index (κ3) is 2.55. The molecule has 0 spiro atoms. The average molecular weight is 307 g/mol. The Balaban J connectivity index is 1.65. The fourth-order valence-electron chi connectivity index (χ4n) is 4.07. The number of likely N-dealkylation sites (tertiary alicyclic amines) is 1. The normalized spacial score (nSPS) is 26.3. The monoisotopic (exact) mass is 307 g/mol. The fraction of sp³-hybridized carbons (Fsp3) is 0.350. The first kappa shape index (κ1) is 14.5. The van der Waals surface area contributed by atoms with Crippen LogP contribution in [-0.2, 0) is 0 Å². The molecule has 1 amide bonds. The second-order valence-corrected chi connectivity index (χ2v) is 6.71. The van der Waals surface area contributed by atoms with Gasteiger partial charge in [0.25, 0.3) is 5.91 Å². The number of aliphatic hydroxyl groups is 1. The van der Waals surface area contributed by atoms with Crippen molar-refractivity contribution in [3.8, 4) is 11.1 Å². The van der Waals surface area contributed by atoms with Gasteiger partial charge in [0.05, 0.1) is 6.10 Å². The number of hydrogen-bond donors (Lipinski definition) is 1. The summed E-state index contributed by atoms with van der Waals surface area (Å²) in [5.74, 6) is 0.594. The van der Waals surface area contributed by atoms with E-state index >= 15 is 0 Å². The van der Waals surface area contributed by atoms with E-state index in [1.165, 1.54) is 0 Å². The number of carbonyl (C=O) groups is 1. The Bertz CT molecular complexity index is 699. The minimum Gasteiger partial charge on any atom is -0.392 e. The molecular weight excluding hydrogens is 286 g/mol. The molecule has 0 aromatic heterocycles. The minimum absolute atomic E-state index is 0.0910. The summed E-state index contributed by atoms with van der Waals surface area (Å²) in [6.07, 6.45) is 1.86. The molecule has 4 rings (SSSR count). The number of carbonyl (C=O) groups excluding carboxylic acids is 1. The van der Waals surface area contributed by atoms with Crippen LogP contribution in [-0.4, -0.2) is 35.1 Å². The average Bonchev–Trinajstić information content (AvgIpc) is 2.83. The van der Waals surface area contributed by atoms with Gasteiger partial charge in [-0.2, -0.15) is 0 Å². The summed E-state index contributed by atoms with van der Waals surface area (Å²) in [6.45, 7) is 1.36. The van der Waals surface area contributed by atoms with Gasteiger partial charge in [0.1, 0.15) is 0 Å². The van der Waals surface area contributed by atoms with E-state index in [1.807, 2.05) is 59.5 Å². The van der Waals surface area contributed by atoms with Crippen LogP contribution in [0.25, 0.3) is 11.1 Å². The lowest BCUT2D eigenvalue weighted by atomic mass is 9.93. The zero-order chi connectivity index (χ0) is 15.8. The first-order chi connectivity index (χ1) is 11.2. The molecule has 3 heteroatoms. The number of benzene rings is 2. The molecule has 2 fully saturated rings. The van der Waals surface area contributed by atoms with Gasteiger partial charge in [-0.3, -0.25) is 4.79 Å². The molecule has 118 valence electrons. The lowest BCUT2D eigenvalue weighted by molar-refractivity contribution is 0.0167. The second-order valence-electron chi connectivity index (χ2n) is 6.71. The van der Waals surface area contributed by atoms with E-state index in [4.69, 9.17) is 0 Å². The van der Waals surface area contributed by atoms with Crippen molar-refractivity contribution in [2.75, 3.05) is 13.1 Å². The Morgan fingerprint density at radius 3 is 2.22 bits per heavy atom. The van der Waals surface area contributed by atoms with Crippen molar-refractivity contribution in [1.82, 2.24) is 4.90 Å². The summed E-state index contributed by atoms with van der Waals surface area (Å²) in [5, 5.41) is 10.2. The SMILES string of the molecule is O=C(c1ccccc1-c1ccccc1)N1CC2CCC(C1)C2O. The summed E-state index contributed by atoms with van der Waals surface area (Å²) in [7, 11) is 0. The Labute approximate surface area is 136 Å². The standard InChI is InChI=1S/C20H21NO2/c22-19-15-10-11-16(19)13-21(12-15)20(23)18-9-5-4-8-17(18)14-6-2-1-3-7-14/h1-9,15-16,19,22H,10-13H2. The largest absolute Gasteiger partial charge is 0.392 e. The maximum absolute atomic E-state index is 13.1. The van der Waals surface area contributed by atoms with E-state index in [-0.39, 0.29) is 23.8 Å². The number of piperidine rings is 1. The number of fused-ring (bicyclic) bond motifs is 2. The molecule has 2 aromatic rings. The summed E-state index contributed by atoms with van der Waals surface area (Å²) in [6, 6.07) is 17.9. The van der Waals surface area contributed by atoms with Crippen molar-refractivity contribution < 1.29 is 9.90 Å². The molecule has 1 aliphatic carbocycles. The van der Waals surface area contributed by atoms with Gasteiger partial charge in [0.15, 0.2) is 0 Å². The Hall–Kier alpha value is -2.13. The van der Waals surface area contributed by atoms with Crippen LogP contribution in [0.1, 0.15) is 23.2 Å². The molecule has 1 N–H and O–H groups in total. The van der Waals surface area contributed by atoms with Gasteiger partial charge >= 0.3 is 0 Å². The molecule has 1 heterocycles. The minimum atomic E-state index is -0.219. The summed E-state index contributed by atoms with van der Waals surface area (Å²) in [5.41, 5.74) is 2.81. The van der Waals surface area contributed by atoms with Crippen molar-refractivity contribution in [2.24, 2.45) is 11.8 Å². The number of nitrogens with zero attached hydrogens (tertiary/aromatic N) is 1. The van der Waals surface area contributed by atoms with Crippen LogP contribution in [0.5, 0.6) is 0 Å². The van der Waals surface area contributed by atoms with Crippen LogP contribution >= 0.6 is 0 Å². The van der Waals surface area contributed by atoms with Crippen LogP contribution in [0, 0.1) is 11.8 Å². The quantitative estimate of drug-likeness (QED) is 0.925. The van der Waals surface area contributed by atoms with Crippen molar-refractivity contribution in [1.29, 1.82) is 0 Å². The van der Waals surface area contributed by atoms with Gasteiger partial charge in [0, 0.05) is 30.5 Å². The highest BCUT2D eigenvalue weighted by Crippen LogP contribution is 2.37. The molecule has 2 aromatic carbocycles. The third-order valence-electron chi connectivity index (χ3n) is 5.31. The molecule has 2 aliphatic rings. The highest BCUT2D eigenvalue weighted by molar-refractivity contribution is 6.01. The van der Waals surface area contributed by atoms with Gasteiger partial charge in [-0.25, -0.2) is 0 Å². The lowest BCUT2D eigenvalue weighted by Gasteiger charge is -2.35. The van der Waals surface area contributed by atoms with E-state index in [0.717, 1.165) is 29.5 Å². The summed E-state index contributed by atoms with van der Waals surface area (Å²) < 4.78 is 0. The molecule has 1 saturated heterocycles. The third-order valence-corrected chi connectivity index (χ3v) is 5.31. The van der Waals surface area contributed by atoms with Gasteiger partial charge in [0.2, 0.25) is 0 Å². The molecule has 23 heavy (non-hydrogen) atoms. The highest BCUT2D eigenvalue weighted by Gasteiger charge is 2.42. The van der Waals surface area contributed by atoms with Crippen LogP contribution < -0.4 is 0 Å². The lowest BCUT2D eigenvalue weighted by Crippen LogP contribution is -2.47. The summed E-state index contributed by atoms with van der Waals surface area (Å²) in [4.78, 5) is 15.0. The van der Waals surface area contributed by atoms with E-state index < -0.39 is 0 Å². The molecule has 2 unspecified atom stereocenters. The van der Waals surface area contributed by atoms with Crippen molar-refractivity contribution >= 4 is 5.91 Å². The maximum atomic E-state index is 13.1. The molecular formula is C20H21NO2. The van der Waals surface area contributed by atoms with Gasteiger partial charge in [-0.15, -0.1) is 0 Å². The number of hydrogen-bond acceptors (Lipinski definition) is 2. The van der Waals surface area contributed by atoms with Crippen LogP contribution in [0.2, 0.25) is 0 Å². The molecule has 1 saturated carbocycles. The van der Waals surface area contributed by atoms with Gasteiger partial charge in [-0.05, 0) is 30.0 Å². The Morgan fingerprint density at radius 2 is 1.52 bits per heavy atom. The van der Waals surface area contributed by atoms with E-state index in [1.54, 1.807) is 0 Å². The first-order valence-electron chi connectivity index (χ1n) is 8.36. The Kier molecular flexibility index (Phi) is 3.66. The first-order valence-corrected chi connectivity index (χ1v) is 8.36. The smallest absolute Gasteiger partial charge is 0.254 e. The maximum Gasteiger partial charge on any atom is 0.254 e. The molecule has 3 nitrogen and oxygen atoms in total. The molecule has 1 aliphatic heterocycles. The van der Waals surface area contributed by atoms with Crippen molar-refractivity contribution in [3.63, 3.8) is 0 Å². The van der Waals surface area contributed by atoms with E-state index in [0.29, 0.717) is 13.1 Å². The highest BCUT2D eigenvalue weighted by atomic mass is 16.3.